The summed E-state index contributed by atoms with van der Waals surface area (Å²) in [5, 5.41) is 11.8. The number of thiocarbonyl (C=S) groups is 1. The Kier molecular flexibility index (Phi) is 5.70. The number of benzene rings is 2. The van der Waals surface area contributed by atoms with Crippen LogP contribution in [0.5, 0.6) is 0 Å². The molecule has 0 radical (unpaired) electrons. The minimum absolute atomic E-state index is 0.0673. The van der Waals surface area contributed by atoms with Crippen molar-refractivity contribution in [3.63, 3.8) is 0 Å². The normalized spacial score (nSPS) is 12.4. The number of primary sulfonamides is 1. The lowest BCUT2D eigenvalue weighted by molar-refractivity contribution is 0.598. The summed E-state index contributed by atoms with van der Waals surface area (Å²) in [7, 11) is -3.68. The molecular formula is C16H19N3O2S2. The third-order valence-corrected chi connectivity index (χ3v) is 4.51. The van der Waals surface area contributed by atoms with Crippen LogP contribution in [0.4, 0.5) is 5.69 Å². The molecule has 0 fully saturated rings. The molecule has 1 atom stereocenters. The lowest BCUT2D eigenvalue weighted by Gasteiger charge is -2.20. The van der Waals surface area contributed by atoms with E-state index in [0.717, 1.165) is 12.0 Å². The lowest BCUT2D eigenvalue weighted by atomic mass is 10.1. The van der Waals surface area contributed by atoms with Gasteiger partial charge in [-0.05, 0) is 48.5 Å². The maximum absolute atomic E-state index is 11.2. The second kappa shape index (κ2) is 7.54. The Labute approximate surface area is 142 Å². The molecule has 0 amide bonds. The first-order chi connectivity index (χ1) is 10.9. The summed E-state index contributed by atoms with van der Waals surface area (Å²) in [6, 6.07) is 16.3. The van der Waals surface area contributed by atoms with E-state index >= 15 is 0 Å². The summed E-state index contributed by atoms with van der Waals surface area (Å²) in [6.45, 7) is 2.08. The van der Waals surface area contributed by atoms with Crippen LogP contribution in [0.25, 0.3) is 0 Å². The van der Waals surface area contributed by atoms with Crippen LogP contribution in [0.3, 0.4) is 0 Å². The molecule has 0 aliphatic heterocycles. The smallest absolute Gasteiger partial charge is 0.238 e. The quantitative estimate of drug-likeness (QED) is 0.723. The largest absolute Gasteiger partial charge is 0.356 e. The average molecular weight is 349 g/mol. The minimum Gasteiger partial charge on any atom is -0.356 e. The zero-order valence-electron chi connectivity index (χ0n) is 12.7. The molecule has 0 spiro atoms. The van der Waals surface area contributed by atoms with Crippen molar-refractivity contribution in [3.8, 4) is 0 Å². The van der Waals surface area contributed by atoms with E-state index in [1.54, 1.807) is 12.1 Å². The van der Waals surface area contributed by atoms with E-state index in [1.807, 2.05) is 30.3 Å². The number of anilines is 1. The average Bonchev–Trinajstić information content (AvgIpc) is 2.53. The van der Waals surface area contributed by atoms with Crippen molar-refractivity contribution in [1.82, 2.24) is 5.32 Å². The van der Waals surface area contributed by atoms with Crippen molar-refractivity contribution < 1.29 is 8.42 Å². The highest BCUT2D eigenvalue weighted by atomic mass is 32.2. The van der Waals surface area contributed by atoms with Crippen molar-refractivity contribution in [2.24, 2.45) is 5.14 Å². The maximum Gasteiger partial charge on any atom is 0.238 e. The zero-order chi connectivity index (χ0) is 16.9. The predicted octanol–water partition coefficient (Wildman–Crippen LogP) is 2.77. The van der Waals surface area contributed by atoms with E-state index in [9.17, 15) is 8.42 Å². The fourth-order valence-electron chi connectivity index (χ4n) is 2.16. The number of hydrogen-bond donors (Lipinski definition) is 3. The number of nitrogens with one attached hydrogen (secondary N) is 2. The molecule has 0 aliphatic carbocycles. The first kappa shape index (κ1) is 17.4. The molecule has 23 heavy (non-hydrogen) atoms. The van der Waals surface area contributed by atoms with Crippen molar-refractivity contribution in [3.05, 3.63) is 60.2 Å². The van der Waals surface area contributed by atoms with E-state index in [4.69, 9.17) is 17.4 Å². The van der Waals surface area contributed by atoms with Crippen LogP contribution in [0, 0.1) is 0 Å². The van der Waals surface area contributed by atoms with Gasteiger partial charge in [-0.15, -0.1) is 0 Å². The molecule has 2 aromatic rings. The van der Waals surface area contributed by atoms with Gasteiger partial charge in [-0.3, -0.25) is 0 Å². The van der Waals surface area contributed by atoms with Crippen LogP contribution < -0.4 is 15.8 Å². The molecule has 7 heteroatoms. The van der Waals surface area contributed by atoms with Crippen molar-refractivity contribution in [2.75, 3.05) is 5.32 Å². The Balaban J connectivity index is 2.01. The zero-order valence-corrected chi connectivity index (χ0v) is 14.3. The van der Waals surface area contributed by atoms with Gasteiger partial charge in [-0.25, -0.2) is 13.6 Å². The summed E-state index contributed by atoms with van der Waals surface area (Å²) in [5.74, 6) is 0. The second-order valence-electron chi connectivity index (χ2n) is 5.04. The van der Waals surface area contributed by atoms with Crippen LogP contribution in [0.1, 0.15) is 24.9 Å². The van der Waals surface area contributed by atoms with Crippen LogP contribution in [0.2, 0.25) is 0 Å². The molecule has 1 unspecified atom stereocenters. The Morgan fingerprint density at radius 1 is 1.13 bits per heavy atom. The van der Waals surface area contributed by atoms with Gasteiger partial charge in [0, 0.05) is 5.69 Å². The highest BCUT2D eigenvalue weighted by Gasteiger charge is 2.11. The molecular weight excluding hydrogens is 330 g/mol. The molecule has 0 saturated carbocycles. The second-order valence-corrected chi connectivity index (χ2v) is 7.01. The molecule has 0 heterocycles. The van der Waals surface area contributed by atoms with Gasteiger partial charge >= 0.3 is 0 Å². The van der Waals surface area contributed by atoms with Crippen LogP contribution in [-0.2, 0) is 10.0 Å². The Morgan fingerprint density at radius 3 is 2.26 bits per heavy atom. The van der Waals surface area contributed by atoms with E-state index in [2.05, 4.69) is 17.6 Å². The first-order valence-electron chi connectivity index (χ1n) is 7.15. The topological polar surface area (TPSA) is 84.2 Å². The van der Waals surface area contributed by atoms with Crippen LogP contribution >= 0.6 is 12.2 Å². The highest BCUT2D eigenvalue weighted by molar-refractivity contribution is 7.89. The van der Waals surface area contributed by atoms with Gasteiger partial charge in [0.05, 0.1) is 10.9 Å². The van der Waals surface area contributed by atoms with Gasteiger partial charge in [0.25, 0.3) is 0 Å². The number of nitrogens with two attached hydrogens (primary N) is 1. The van der Waals surface area contributed by atoms with Gasteiger partial charge in [0.15, 0.2) is 5.11 Å². The van der Waals surface area contributed by atoms with Gasteiger partial charge in [0.2, 0.25) is 10.0 Å². The number of sulfonamides is 1. The molecule has 0 saturated heterocycles. The highest BCUT2D eigenvalue weighted by Crippen LogP contribution is 2.17. The summed E-state index contributed by atoms with van der Waals surface area (Å²) >= 11 is 5.32. The standard InChI is InChI=1S/C16H19N3O2S2/c1-2-15(12-6-4-3-5-7-12)19-16(22)18-13-8-10-14(11-9-13)23(17,20)21/h3-11,15H,2H2,1H3,(H2,17,20,21)(H2,18,19,22). The third kappa shape index (κ3) is 5.02. The van der Waals surface area contributed by atoms with Crippen molar-refractivity contribution in [1.29, 1.82) is 0 Å². The maximum atomic E-state index is 11.2. The minimum atomic E-state index is -3.68. The molecule has 0 aliphatic rings. The number of hydrogen-bond acceptors (Lipinski definition) is 3. The fraction of sp³-hybridized carbons (Fsp3) is 0.188. The van der Waals surface area contributed by atoms with Gasteiger partial charge in [-0.1, -0.05) is 37.3 Å². The van der Waals surface area contributed by atoms with E-state index in [-0.39, 0.29) is 10.9 Å². The Bertz CT molecular complexity index is 760. The lowest BCUT2D eigenvalue weighted by Crippen LogP contribution is -2.32. The van der Waals surface area contributed by atoms with Crippen molar-refractivity contribution >= 4 is 33.0 Å². The summed E-state index contributed by atoms with van der Waals surface area (Å²) < 4.78 is 22.5. The fourth-order valence-corrected chi connectivity index (χ4v) is 2.94. The molecule has 122 valence electrons. The molecule has 0 aromatic heterocycles. The van der Waals surface area contributed by atoms with E-state index in [1.165, 1.54) is 12.1 Å². The van der Waals surface area contributed by atoms with Gasteiger partial charge in [-0.2, -0.15) is 0 Å². The molecule has 0 bridgehead atoms. The molecule has 5 nitrogen and oxygen atoms in total. The van der Waals surface area contributed by atoms with Gasteiger partial charge < -0.3 is 10.6 Å². The summed E-state index contributed by atoms with van der Waals surface area (Å²) in [6.07, 6.45) is 0.885. The SMILES string of the molecule is CCC(NC(=S)Nc1ccc(S(N)(=O)=O)cc1)c1ccccc1. The molecule has 4 N–H and O–H groups in total. The van der Waals surface area contributed by atoms with Gasteiger partial charge in [0.1, 0.15) is 0 Å². The van der Waals surface area contributed by atoms with Crippen molar-refractivity contribution in [2.45, 2.75) is 24.3 Å². The monoisotopic (exact) mass is 349 g/mol. The Hall–Kier alpha value is -1.96. The van der Waals surface area contributed by atoms with Crippen LogP contribution in [0.15, 0.2) is 59.5 Å². The predicted molar refractivity (Wildman–Crippen MR) is 96.6 cm³/mol. The number of rotatable bonds is 5. The summed E-state index contributed by atoms with van der Waals surface area (Å²) in [5.41, 5.74) is 1.85. The molecule has 2 aromatic carbocycles. The van der Waals surface area contributed by atoms with E-state index in [0.29, 0.717) is 10.8 Å². The molecule has 2 rings (SSSR count). The first-order valence-corrected chi connectivity index (χ1v) is 9.11. The van der Waals surface area contributed by atoms with E-state index < -0.39 is 10.0 Å². The summed E-state index contributed by atoms with van der Waals surface area (Å²) in [4.78, 5) is 0.0673. The Morgan fingerprint density at radius 2 is 1.74 bits per heavy atom. The third-order valence-electron chi connectivity index (χ3n) is 3.36. The van der Waals surface area contributed by atoms with Crippen LogP contribution in [-0.4, -0.2) is 13.5 Å².